The second-order valence-corrected chi connectivity index (χ2v) is 6.63. The number of methoxy groups -OCH3 is 1. The van der Waals surface area contributed by atoms with Crippen molar-refractivity contribution in [2.45, 2.75) is 31.1 Å². The van der Waals surface area contributed by atoms with Crippen LogP contribution in [0.25, 0.3) is 0 Å². The second-order valence-electron chi connectivity index (χ2n) is 6.63. The molecule has 7 nitrogen and oxygen atoms in total. The fourth-order valence-electron chi connectivity index (χ4n) is 3.88. The summed E-state index contributed by atoms with van der Waals surface area (Å²) < 4.78 is 16.7. The number of amides is 2. The molecule has 0 N–H and O–H groups in total. The van der Waals surface area contributed by atoms with Crippen LogP contribution < -0.4 is 9.64 Å². The quantitative estimate of drug-likeness (QED) is 0.765. The van der Waals surface area contributed by atoms with Crippen LogP contribution in [-0.2, 0) is 19.1 Å². The molecule has 134 valence electrons. The van der Waals surface area contributed by atoms with Gasteiger partial charge in [0, 0.05) is 32.0 Å². The van der Waals surface area contributed by atoms with Crippen LogP contribution in [0.15, 0.2) is 24.3 Å². The zero-order valence-corrected chi connectivity index (χ0v) is 14.3. The van der Waals surface area contributed by atoms with Crippen molar-refractivity contribution in [2.75, 3.05) is 38.3 Å². The molecule has 0 unspecified atom stereocenters. The maximum Gasteiger partial charge on any atom is 0.251 e. The van der Waals surface area contributed by atoms with Crippen molar-refractivity contribution in [2.24, 2.45) is 0 Å². The molecule has 0 aromatic heterocycles. The molecular formula is C18H22N2O5. The Labute approximate surface area is 146 Å². The molecule has 0 saturated carbocycles. The number of hydrogen-bond donors (Lipinski definition) is 0. The van der Waals surface area contributed by atoms with Gasteiger partial charge in [-0.1, -0.05) is 6.07 Å². The summed E-state index contributed by atoms with van der Waals surface area (Å²) in [7, 11) is 1.56. The van der Waals surface area contributed by atoms with Crippen molar-refractivity contribution in [3.63, 3.8) is 0 Å². The summed E-state index contributed by atoms with van der Waals surface area (Å²) >= 11 is 0. The molecule has 7 heteroatoms. The average molecular weight is 346 g/mol. The molecule has 3 aliphatic rings. The SMILES string of the molecule is COc1cccc(N2C(=O)C[C@@H](N3CCC4(CC3)OCCO4)C2=O)c1. The number of anilines is 1. The van der Waals surface area contributed by atoms with Gasteiger partial charge in [-0.05, 0) is 12.1 Å². The van der Waals surface area contributed by atoms with Gasteiger partial charge in [0.2, 0.25) is 5.91 Å². The third-order valence-electron chi connectivity index (χ3n) is 5.25. The highest BCUT2D eigenvalue weighted by Gasteiger charge is 2.47. The van der Waals surface area contributed by atoms with Crippen LogP contribution in [0.5, 0.6) is 5.75 Å². The first-order valence-corrected chi connectivity index (χ1v) is 8.65. The third-order valence-corrected chi connectivity index (χ3v) is 5.25. The summed E-state index contributed by atoms with van der Waals surface area (Å²) in [4.78, 5) is 28.7. The molecule has 3 aliphatic heterocycles. The Hall–Kier alpha value is -1.96. The van der Waals surface area contributed by atoms with E-state index < -0.39 is 11.8 Å². The molecular weight excluding hydrogens is 324 g/mol. The van der Waals surface area contributed by atoms with E-state index in [2.05, 4.69) is 4.90 Å². The average Bonchev–Trinajstić information content (AvgIpc) is 3.20. The van der Waals surface area contributed by atoms with E-state index in [-0.39, 0.29) is 18.2 Å². The molecule has 0 aliphatic carbocycles. The molecule has 4 rings (SSSR count). The lowest BCUT2D eigenvalue weighted by Gasteiger charge is -2.39. The van der Waals surface area contributed by atoms with E-state index in [0.717, 1.165) is 12.8 Å². The first kappa shape index (κ1) is 16.5. The molecule has 1 aromatic carbocycles. The van der Waals surface area contributed by atoms with Gasteiger partial charge in [0.05, 0.1) is 38.5 Å². The van der Waals surface area contributed by atoms with Gasteiger partial charge < -0.3 is 14.2 Å². The van der Waals surface area contributed by atoms with Crippen molar-refractivity contribution >= 4 is 17.5 Å². The summed E-state index contributed by atoms with van der Waals surface area (Å²) in [6, 6.07) is 6.63. The van der Waals surface area contributed by atoms with Crippen LogP contribution in [0, 0.1) is 0 Å². The Morgan fingerprint density at radius 1 is 1.16 bits per heavy atom. The molecule has 2 amide bonds. The Bertz CT molecular complexity index is 676. The Kier molecular flexibility index (Phi) is 4.23. The maximum atomic E-state index is 12.9. The standard InChI is InChI=1S/C18H22N2O5/c1-23-14-4-2-3-13(11-14)20-16(21)12-15(17(20)22)19-7-5-18(6-8-19)24-9-10-25-18/h2-4,11,15H,5-10,12H2,1H3/t15-/m1/s1. The Balaban J connectivity index is 1.48. The van der Waals surface area contributed by atoms with Gasteiger partial charge in [0.1, 0.15) is 5.75 Å². The summed E-state index contributed by atoms with van der Waals surface area (Å²) in [6.45, 7) is 2.64. The summed E-state index contributed by atoms with van der Waals surface area (Å²) in [6.07, 6.45) is 1.67. The molecule has 1 spiro atoms. The van der Waals surface area contributed by atoms with Gasteiger partial charge in [-0.25, -0.2) is 4.90 Å². The third kappa shape index (κ3) is 2.92. The predicted molar refractivity (Wildman–Crippen MR) is 89.3 cm³/mol. The number of benzene rings is 1. The van der Waals surface area contributed by atoms with Crippen molar-refractivity contribution in [1.29, 1.82) is 0 Å². The minimum Gasteiger partial charge on any atom is -0.497 e. The largest absolute Gasteiger partial charge is 0.497 e. The second kappa shape index (κ2) is 6.40. The highest BCUT2D eigenvalue weighted by molar-refractivity contribution is 6.22. The number of imide groups is 1. The van der Waals surface area contributed by atoms with E-state index in [4.69, 9.17) is 14.2 Å². The zero-order valence-electron chi connectivity index (χ0n) is 14.3. The number of nitrogens with zero attached hydrogens (tertiary/aromatic N) is 2. The van der Waals surface area contributed by atoms with Gasteiger partial charge in [0.15, 0.2) is 5.79 Å². The molecule has 25 heavy (non-hydrogen) atoms. The van der Waals surface area contributed by atoms with Crippen LogP contribution in [0.4, 0.5) is 5.69 Å². The number of piperidine rings is 1. The van der Waals surface area contributed by atoms with Crippen LogP contribution in [0.2, 0.25) is 0 Å². The lowest BCUT2D eigenvalue weighted by atomic mass is 10.0. The number of ether oxygens (including phenoxy) is 3. The number of likely N-dealkylation sites (tertiary alicyclic amines) is 1. The number of carbonyl (C=O) groups is 2. The van der Waals surface area contributed by atoms with Crippen LogP contribution in [0.1, 0.15) is 19.3 Å². The fraction of sp³-hybridized carbons (Fsp3) is 0.556. The van der Waals surface area contributed by atoms with Crippen molar-refractivity contribution in [3.05, 3.63) is 24.3 Å². The highest BCUT2D eigenvalue weighted by atomic mass is 16.7. The van der Waals surface area contributed by atoms with Gasteiger partial charge in [-0.2, -0.15) is 0 Å². The molecule has 1 aromatic rings. The first-order chi connectivity index (χ1) is 12.1. The monoisotopic (exact) mass is 346 g/mol. The predicted octanol–water partition coefficient (Wildman–Crippen LogP) is 1.17. The van der Waals surface area contributed by atoms with E-state index >= 15 is 0 Å². The smallest absolute Gasteiger partial charge is 0.251 e. The normalized spacial score (nSPS) is 26.6. The molecule has 3 heterocycles. The number of carbonyl (C=O) groups excluding carboxylic acids is 2. The summed E-state index contributed by atoms with van der Waals surface area (Å²) in [5, 5.41) is 0. The first-order valence-electron chi connectivity index (χ1n) is 8.65. The fourth-order valence-corrected chi connectivity index (χ4v) is 3.88. The molecule has 0 radical (unpaired) electrons. The van der Waals surface area contributed by atoms with E-state index in [1.54, 1.807) is 31.4 Å². The highest BCUT2D eigenvalue weighted by Crippen LogP contribution is 2.34. The van der Waals surface area contributed by atoms with E-state index in [0.29, 0.717) is 37.7 Å². The van der Waals surface area contributed by atoms with Crippen molar-refractivity contribution < 1.29 is 23.8 Å². The number of hydrogen-bond acceptors (Lipinski definition) is 6. The van der Waals surface area contributed by atoms with Crippen molar-refractivity contribution in [3.8, 4) is 5.75 Å². The molecule has 1 atom stereocenters. The minimum atomic E-state index is -0.478. The van der Waals surface area contributed by atoms with E-state index in [9.17, 15) is 9.59 Å². The van der Waals surface area contributed by atoms with Crippen LogP contribution in [0.3, 0.4) is 0 Å². The summed E-state index contributed by atoms with van der Waals surface area (Å²) in [5.74, 6) is -0.189. The van der Waals surface area contributed by atoms with Crippen LogP contribution in [-0.4, -0.2) is 62.0 Å². The minimum absolute atomic E-state index is 0.164. The summed E-state index contributed by atoms with van der Waals surface area (Å²) in [5.41, 5.74) is 0.563. The molecule has 3 saturated heterocycles. The van der Waals surface area contributed by atoms with Gasteiger partial charge in [-0.3, -0.25) is 14.5 Å². The van der Waals surface area contributed by atoms with E-state index in [1.165, 1.54) is 4.90 Å². The molecule has 3 fully saturated rings. The van der Waals surface area contributed by atoms with E-state index in [1.807, 2.05) is 0 Å². The van der Waals surface area contributed by atoms with Gasteiger partial charge >= 0.3 is 0 Å². The topological polar surface area (TPSA) is 68.3 Å². The van der Waals surface area contributed by atoms with Crippen LogP contribution >= 0.6 is 0 Å². The zero-order chi connectivity index (χ0) is 17.4. The lowest BCUT2D eigenvalue weighted by molar-refractivity contribution is -0.188. The maximum absolute atomic E-state index is 12.9. The van der Waals surface area contributed by atoms with Crippen molar-refractivity contribution in [1.82, 2.24) is 4.90 Å². The molecule has 0 bridgehead atoms. The van der Waals surface area contributed by atoms with Gasteiger partial charge in [0.25, 0.3) is 5.91 Å². The number of rotatable bonds is 3. The Morgan fingerprint density at radius 3 is 2.56 bits per heavy atom. The Morgan fingerprint density at radius 2 is 1.88 bits per heavy atom. The van der Waals surface area contributed by atoms with Gasteiger partial charge in [-0.15, -0.1) is 0 Å². The lowest BCUT2D eigenvalue weighted by Crippen LogP contribution is -2.51.